The fourth-order valence-electron chi connectivity index (χ4n) is 5.44. The van der Waals surface area contributed by atoms with Gasteiger partial charge in [0.1, 0.15) is 12.0 Å². The molecule has 1 amide bonds. The van der Waals surface area contributed by atoms with Gasteiger partial charge in [-0.1, -0.05) is 18.2 Å². The second-order valence-electron chi connectivity index (χ2n) is 10.0. The zero-order chi connectivity index (χ0) is 25.0. The molecule has 6 nitrogen and oxygen atoms in total. The summed E-state index contributed by atoms with van der Waals surface area (Å²) in [4.78, 5) is 28.3. The highest BCUT2D eigenvalue weighted by Gasteiger charge is 2.55. The topological polar surface area (TPSA) is 66.4 Å². The van der Waals surface area contributed by atoms with Crippen LogP contribution >= 0.6 is 0 Å². The Morgan fingerprint density at radius 1 is 1.14 bits per heavy atom. The minimum absolute atomic E-state index is 0.0574. The normalized spacial score (nSPS) is 28.4. The van der Waals surface area contributed by atoms with Crippen molar-refractivity contribution < 1.29 is 22.4 Å². The number of piperidine rings is 1. The van der Waals surface area contributed by atoms with Crippen LogP contribution in [-0.2, 0) is 0 Å². The minimum Gasteiger partial charge on any atom is -0.381 e. The minimum atomic E-state index is -2.98. The Kier molecular flexibility index (Phi) is 6.11. The number of aromatic nitrogens is 1. The summed E-state index contributed by atoms with van der Waals surface area (Å²) in [7, 11) is 2.05. The lowest BCUT2D eigenvalue weighted by molar-refractivity contribution is 0.0937. The molecule has 1 aromatic heterocycles. The summed E-state index contributed by atoms with van der Waals surface area (Å²) in [5.74, 6) is -0.767. The predicted octanol–water partition coefficient (Wildman–Crippen LogP) is 4.06. The number of halogens is 4. The van der Waals surface area contributed by atoms with Crippen molar-refractivity contribution in [1.29, 1.82) is 0 Å². The van der Waals surface area contributed by atoms with Crippen LogP contribution in [0.4, 0.5) is 23.2 Å². The Hall–Kier alpha value is -2.88. The summed E-state index contributed by atoms with van der Waals surface area (Å²) in [6.45, 7) is 3.37. The van der Waals surface area contributed by atoms with Crippen LogP contribution in [0.25, 0.3) is 0 Å². The van der Waals surface area contributed by atoms with Gasteiger partial charge in [-0.15, -0.1) is 0 Å². The maximum Gasteiger partial charge on any atom is 0.266 e. The van der Waals surface area contributed by atoms with Gasteiger partial charge in [-0.05, 0) is 38.6 Å². The van der Waals surface area contributed by atoms with E-state index in [9.17, 15) is 27.2 Å². The molecule has 5 rings (SSSR count). The number of anilines is 1. The molecule has 1 aliphatic heterocycles. The maximum absolute atomic E-state index is 14.6. The monoisotopic (exact) mass is 492 g/mol. The third-order valence-corrected chi connectivity index (χ3v) is 7.58. The third kappa shape index (κ3) is 4.44. The van der Waals surface area contributed by atoms with Crippen molar-refractivity contribution in [3.63, 3.8) is 0 Å². The summed E-state index contributed by atoms with van der Waals surface area (Å²) in [5.41, 5.74) is -0.556. The van der Waals surface area contributed by atoms with E-state index >= 15 is 0 Å². The molecular weight excluding hydrogens is 464 g/mol. The zero-order valence-corrected chi connectivity index (χ0v) is 19.5. The number of carbonyl (C=O) groups excluding carboxylic acids is 1. The van der Waals surface area contributed by atoms with Crippen LogP contribution in [0.3, 0.4) is 0 Å². The average molecular weight is 493 g/mol. The lowest BCUT2D eigenvalue weighted by Crippen LogP contribution is -2.37. The van der Waals surface area contributed by atoms with Crippen molar-refractivity contribution in [3.05, 3.63) is 63.3 Å². The van der Waals surface area contributed by atoms with Crippen molar-refractivity contribution >= 4 is 11.6 Å². The van der Waals surface area contributed by atoms with E-state index in [-0.39, 0.29) is 41.6 Å². The summed E-state index contributed by atoms with van der Waals surface area (Å²) >= 11 is 0. The largest absolute Gasteiger partial charge is 0.381 e. The number of carbonyl (C=O) groups is 1. The van der Waals surface area contributed by atoms with Crippen molar-refractivity contribution in [3.8, 4) is 0 Å². The van der Waals surface area contributed by atoms with E-state index in [1.165, 1.54) is 35.9 Å². The van der Waals surface area contributed by atoms with Crippen LogP contribution in [0.1, 0.15) is 59.8 Å². The molecule has 0 radical (unpaired) electrons. The molecule has 1 saturated heterocycles. The highest BCUT2D eigenvalue weighted by molar-refractivity contribution is 5.99. The van der Waals surface area contributed by atoms with Crippen LogP contribution < -0.4 is 16.2 Å². The summed E-state index contributed by atoms with van der Waals surface area (Å²) in [6.07, 6.45) is -2.12. The molecule has 35 heavy (non-hydrogen) atoms. The van der Waals surface area contributed by atoms with Crippen molar-refractivity contribution in [2.24, 2.45) is 11.8 Å². The van der Waals surface area contributed by atoms with Crippen LogP contribution in [-0.4, -0.2) is 47.7 Å². The van der Waals surface area contributed by atoms with Crippen LogP contribution in [0, 0.1) is 17.7 Å². The highest BCUT2D eigenvalue weighted by Crippen LogP contribution is 2.47. The standard InChI is InChI=1S/C25H28F4N4O2/c1-12(15-4-3-5-16(22(15)27)24(28)29)30-25(35)19-11-33(14-6-13(26)7-14)21(34)8-20(19)31-23-17-9-32(2)10-18(17)23/h3-5,8,11-14,17-18,23-24,31H,6-7,9-10H2,1-2H3,(H,30,35)/t12-,13-,14-,17-,18+,23+/m1/s1. The van der Waals surface area contributed by atoms with E-state index in [0.717, 1.165) is 19.2 Å². The molecule has 1 aromatic carbocycles. The Morgan fingerprint density at radius 2 is 1.80 bits per heavy atom. The number of hydrogen-bond donors (Lipinski definition) is 2. The Bertz CT molecular complexity index is 1180. The van der Waals surface area contributed by atoms with Crippen molar-refractivity contribution in [1.82, 2.24) is 14.8 Å². The number of amides is 1. The van der Waals surface area contributed by atoms with E-state index in [2.05, 4.69) is 15.5 Å². The van der Waals surface area contributed by atoms with Gasteiger partial charge < -0.3 is 20.1 Å². The number of likely N-dealkylation sites (tertiary alicyclic amines) is 1. The second kappa shape index (κ2) is 8.96. The van der Waals surface area contributed by atoms with Crippen LogP contribution in [0.2, 0.25) is 0 Å². The first-order chi connectivity index (χ1) is 16.6. The summed E-state index contributed by atoms with van der Waals surface area (Å²) in [6, 6.07) is 3.96. The van der Waals surface area contributed by atoms with Crippen LogP contribution in [0.5, 0.6) is 0 Å². The molecule has 2 heterocycles. The van der Waals surface area contributed by atoms with Gasteiger partial charge in [-0.25, -0.2) is 17.6 Å². The molecule has 3 aliphatic rings. The highest BCUT2D eigenvalue weighted by atomic mass is 19.3. The first-order valence-electron chi connectivity index (χ1n) is 11.9. The molecule has 2 aromatic rings. The lowest BCUT2D eigenvalue weighted by Gasteiger charge is -2.32. The first-order valence-corrected chi connectivity index (χ1v) is 11.9. The van der Waals surface area contributed by atoms with Crippen molar-refractivity contribution in [2.75, 3.05) is 25.5 Å². The van der Waals surface area contributed by atoms with Gasteiger partial charge in [-0.3, -0.25) is 9.59 Å². The number of benzene rings is 1. The molecule has 0 bridgehead atoms. The number of nitrogens with zero attached hydrogens (tertiary/aromatic N) is 2. The average Bonchev–Trinajstić information content (AvgIpc) is 3.21. The van der Waals surface area contributed by atoms with E-state index in [0.29, 0.717) is 17.5 Å². The molecule has 2 N–H and O–H groups in total. The Balaban J connectivity index is 1.41. The smallest absolute Gasteiger partial charge is 0.266 e. The lowest BCUT2D eigenvalue weighted by atomic mass is 9.90. The third-order valence-electron chi connectivity index (χ3n) is 7.58. The summed E-state index contributed by atoms with van der Waals surface area (Å²) < 4.78 is 55.7. The number of hydrogen-bond acceptors (Lipinski definition) is 4. The molecule has 188 valence electrons. The molecule has 2 aliphatic carbocycles. The van der Waals surface area contributed by atoms with Crippen LogP contribution in [0.15, 0.2) is 35.3 Å². The van der Waals surface area contributed by atoms with E-state index in [1.807, 2.05) is 7.05 Å². The fourth-order valence-corrected chi connectivity index (χ4v) is 5.44. The Labute approximate surface area is 200 Å². The van der Waals surface area contributed by atoms with E-state index < -0.39 is 35.9 Å². The number of pyridine rings is 1. The quantitative estimate of drug-likeness (QED) is 0.573. The molecule has 0 spiro atoms. The van der Waals surface area contributed by atoms with E-state index in [4.69, 9.17) is 0 Å². The predicted molar refractivity (Wildman–Crippen MR) is 123 cm³/mol. The van der Waals surface area contributed by atoms with Gasteiger partial charge in [0.2, 0.25) is 0 Å². The van der Waals surface area contributed by atoms with Gasteiger partial charge in [0.05, 0.1) is 22.9 Å². The molecule has 3 fully saturated rings. The van der Waals surface area contributed by atoms with E-state index in [1.54, 1.807) is 0 Å². The molecule has 2 saturated carbocycles. The molecule has 10 heteroatoms. The molecule has 0 unspecified atom stereocenters. The van der Waals surface area contributed by atoms with Crippen molar-refractivity contribution in [2.45, 2.75) is 50.5 Å². The number of nitrogens with one attached hydrogen (secondary N) is 2. The number of alkyl halides is 3. The molecular formula is C25H28F4N4O2. The van der Waals surface area contributed by atoms with Gasteiger partial charge in [-0.2, -0.15) is 0 Å². The SMILES string of the molecule is C[C@@H](NC(=O)c1cn([C@H]2C[C@H](F)C2)c(=O)cc1N[C@H]1[C@@H]2CN(C)C[C@@H]21)c1cccc(C(F)F)c1F. The number of fused-ring (bicyclic) bond motifs is 1. The Morgan fingerprint density at radius 3 is 2.43 bits per heavy atom. The van der Waals surface area contributed by atoms with Gasteiger partial charge in [0.15, 0.2) is 0 Å². The maximum atomic E-state index is 14.6. The van der Waals surface area contributed by atoms with Gasteiger partial charge in [0.25, 0.3) is 17.9 Å². The molecule has 4 atom stereocenters. The van der Waals surface area contributed by atoms with Gasteiger partial charge in [0, 0.05) is 43.0 Å². The van der Waals surface area contributed by atoms with Gasteiger partial charge >= 0.3 is 0 Å². The number of rotatable bonds is 7. The summed E-state index contributed by atoms with van der Waals surface area (Å²) in [5, 5.41) is 6.02. The zero-order valence-electron chi connectivity index (χ0n) is 19.5. The fraction of sp³-hybridized carbons (Fsp3) is 0.520. The second-order valence-corrected chi connectivity index (χ2v) is 10.0. The first kappa shape index (κ1) is 23.8.